The van der Waals surface area contributed by atoms with Crippen molar-refractivity contribution in [3.05, 3.63) is 23.8 Å². The molecule has 0 radical (unpaired) electrons. The lowest BCUT2D eigenvalue weighted by Crippen LogP contribution is -2.20. The van der Waals surface area contributed by atoms with Crippen LogP contribution in [0.4, 0.5) is 13.2 Å². The maximum atomic E-state index is 12.0. The van der Waals surface area contributed by atoms with Crippen LogP contribution < -0.4 is 5.73 Å². The van der Waals surface area contributed by atoms with E-state index in [9.17, 15) is 13.2 Å². The highest BCUT2D eigenvalue weighted by atomic mass is 19.4. The van der Waals surface area contributed by atoms with Crippen molar-refractivity contribution in [2.45, 2.75) is 32.0 Å². The summed E-state index contributed by atoms with van der Waals surface area (Å²) >= 11 is 0. The highest BCUT2D eigenvalue weighted by molar-refractivity contribution is 5.04. The quantitative estimate of drug-likeness (QED) is 0.837. The third-order valence-corrected chi connectivity index (χ3v) is 1.65. The van der Waals surface area contributed by atoms with E-state index in [1.54, 1.807) is 13.0 Å². The Morgan fingerprint density at radius 1 is 1.47 bits per heavy atom. The fourth-order valence-corrected chi connectivity index (χ4v) is 1.15. The largest absolute Gasteiger partial charge is 0.396 e. The Morgan fingerprint density at radius 2 is 2.13 bits per heavy atom. The van der Waals surface area contributed by atoms with Gasteiger partial charge in [0.2, 0.25) is 0 Å². The van der Waals surface area contributed by atoms with Crippen molar-refractivity contribution in [3.8, 4) is 0 Å². The summed E-state index contributed by atoms with van der Waals surface area (Å²) < 4.78 is 36.1. The van der Waals surface area contributed by atoms with Gasteiger partial charge in [0.15, 0.2) is 0 Å². The van der Waals surface area contributed by atoms with Crippen molar-refractivity contribution in [1.82, 2.24) is 9.97 Å². The maximum Gasteiger partial charge on any atom is 0.396 e. The third-order valence-electron chi connectivity index (χ3n) is 1.65. The first-order valence-corrected chi connectivity index (χ1v) is 4.50. The monoisotopic (exact) mass is 219 g/mol. The minimum Gasteiger partial charge on any atom is -0.328 e. The lowest BCUT2D eigenvalue weighted by molar-refractivity contribution is -0.128. The highest BCUT2D eigenvalue weighted by Gasteiger charge is 2.29. The number of hydrogen-bond donors (Lipinski definition) is 1. The third kappa shape index (κ3) is 4.73. The van der Waals surface area contributed by atoms with Crippen LogP contribution in [0.5, 0.6) is 0 Å². The van der Waals surface area contributed by atoms with Crippen LogP contribution in [-0.2, 0) is 12.8 Å². The molecule has 1 aromatic rings. The van der Waals surface area contributed by atoms with Gasteiger partial charge in [-0.3, -0.25) is 0 Å². The lowest BCUT2D eigenvalue weighted by Gasteiger charge is -2.07. The van der Waals surface area contributed by atoms with Gasteiger partial charge in [-0.05, 0) is 13.0 Å². The van der Waals surface area contributed by atoms with Gasteiger partial charge in [0, 0.05) is 24.4 Å². The molecular weight excluding hydrogens is 207 g/mol. The average molecular weight is 219 g/mol. The first-order valence-electron chi connectivity index (χ1n) is 4.50. The molecule has 6 heteroatoms. The van der Waals surface area contributed by atoms with Gasteiger partial charge in [0.25, 0.3) is 0 Å². The molecule has 2 N–H and O–H groups in total. The van der Waals surface area contributed by atoms with Crippen molar-refractivity contribution >= 4 is 0 Å². The van der Waals surface area contributed by atoms with Gasteiger partial charge in [0.1, 0.15) is 12.2 Å². The summed E-state index contributed by atoms with van der Waals surface area (Å²) in [6.07, 6.45) is -3.59. The summed E-state index contributed by atoms with van der Waals surface area (Å²) in [5, 5.41) is 0. The maximum absolute atomic E-state index is 12.0. The number of hydrogen-bond acceptors (Lipinski definition) is 3. The number of alkyl halides is 3. The molecule has 0 spiro atoms. The van der Waals surface area contributed by atoms with Crippen LogP contribution in [0.2, 0.25) is 0 Å². The molecule has 15 heavy (non-hydrogen) atoms. The first-order chi connectivity index (χ1) is 6.87. The molecule has 0 amide bonds. The van der Waals surface area contributed by atoms with E-state index in [4.69, 9.17) is 5.73 Å². The van der Waals surface area contributed by atoms with Gasteiger partial charge in [-0.25, -0.2) is 9.97 Å². The predicted molar refractivity (Wildman–Crippen MR) is 49.1 cm³/mol. The fraction of sp³-hybridized carbons (Fsp3) is 0.556. The van der Waals surface area contributed by atoms with E-state index in [0.29, 0.717) is 12.1 Å². The second-order valence-electron chi connectivity index (χ2n) is 3.44. The van der Waals surface area contributed by atoms with Crippen molar-refractivity contribution in [3.63, 3.8) is 0 Å². The Kier molecular flexibility index (Phi) is 3.62. The molecule has 84 valence electrons. The van der Waals surface area contributed by atoms with Crippen LogP contribution in [0, 0.1) is 0 Å². The Balaban J connectivity index is 2.74. The number of rotatable bonds is 3. The molecule has 1 heterocycles. The van der Waals surface area contributed by atoms with E-state index in [2.05, 4.69) is 9.97 Å². The molecule has 0 saturated carbocycles. The number of halogens is 3. The molecule has 0 saturated heterocycles. The smallest absolute Gasteiger partial charge is 0.328 e. The Labute approximate surface area is 85.5 Å². The van der Waals surface area contributed by atoms with Crippen LogP contribution >= 0.6 is 0 Å². The van der Waals surface area contributed by atoms with Gasteiger partial charge in [0.05, 0.1) is 0 Å². The molecule has 1 aromatic heterocycles. The van der Waals surface area contributed by atoms with Crippen LogP contribution in [-0.4, -0.2) is 22.2 Å². The molecule has 0 aliphatic carbocycles. The van der Waals surface area contributed by atoms with Crippen molar-refractivity contribution in [1.29, 1.82) is 0 Å². The van der Waals surface area contributed by atoms with Crippen LogP contribution in [0.15, 0.2) is 12.3 Å². The van der Waals surface area contributed by atoms with Crippen LogP contribution in [0.1, 0.15) is 18.4 Å². The SMILES string of the molecule is CC(N)Cc1ccnc(CC(F)(F)F)n1. The zero-order chi connectivity index (χ0) is 11.5. The Hall–Kier alpha value is -1.17. The van der Waals surface area contributed by atoms with E-state index >= 15 is 0 Å². The second kappa shape index (κ2) is 4.57. The summed E-state index contributed by atoms with van der Waals surface area (Å²) in [6, 6.07) is 1.45. The van der Waals surface area contributed by atoms with Crippen molar-refractivity contribution in [2.75, 3.05) is 0 Å². The lowest BCUT2D eigenvalue weighted by atomic mass is 10.2. The molecule has 1 rings (SSSR count). The number of nitrogens with two attached hydrogens (primary N) is 1. The topological polar surface area (TPSA) is 51.8 Å². The van der Waals surface area contributed by atoms with Crippen LogP contribution in [0.25, 0.3) is 0 Å². The van der Waals surface area contributed by atoms with E-state index in [1.165, 1.54) is 6.20 Å². The molecule has 0 aliphatic rings. The molecule has 1 unspecified atom stereocenters. The second-order valence-corrected chi connectivity index (χ2v) is 3.44. The summed E-state index contributed by atoms with van der Waals surface area (Å²) in [5.41, 5.74) is 6.06. The van der Waals surface area contributed by atoms with Gasteiger partial charge < -0.3 is 5.73 Å². The van der Waals surface area contributed by atoms with E-state index in [0.717, 1.165) is 0 Å². The molecule has 1 atom stereocenters. The van der Waals surface area contributed by atoms with E-state index < -0.39 is 12.6 Å². The van der Waals surface area contributed by atoms with Gasteiger partial charge in [-0.1, -0.05) is 0 Å². The minimum absolute atomic E-state index is 0.126. The summed E-state index contributed by atoms with van der Waals surface area (Å²) in [4.78, 5) is 7.35. The first kappa shape index (κ1) is 11.9. The molecular formula is C9H12F3N3. The highest BCUT2D eigenvalue weighted by Crippen LogP contribution is 2.19. The number of nitrogens with zero attached hydrogens (tertiary/aromatic N) is 2. The van der Waals surface area contributed by atoms with E-state index in [1.807, 2.05) is 0 Å². The molecule has 3 nitrogen and oxygen atoms in total. The number of aromatic nitrogens is 2. The fourth-order valence-electron chi connectivity index (χ4n) is 1.15. The summed E-state index contributed by atoms with van der Waals surface area (Å²) in [7, 11) is 0. The Morgan fingerprint density at radius 3 is 2.67 bits per heavy atom. The molecule has 0 fully saturated rings. The zero-order valence-corrected chi connectivity index (χ0v) is 8.25. The van der Waals surface area contributed by atoms with Gasteiger partial charge in [-0.2, -0.15) is 13.2 Å². The van der Waals surface area contributed by atoms with Crippen molar-refractivity contribution < 1.29 is 13.2 Å². The summed E-state index contributed by atoms with van der Waals surface area (Å²) in [6.45, 7) is 1.77. The van der Waals surface area contributed by atoms with Gasteiger partial charge >= 0.3 is 6.18 Å². The standard InChI is InChI=1S/C9H12F3N3/c1-6(13)4-7-2-3-14-8(15-7)5-9(10,11)12/h2-3,6H,4-5,13H2,1H3. The summed E-state index contributed by atoms with van der Waals surface area (Å²) in [5.74, 6) is -0.208. The Bertz CT molecular complexity index is 323. The average Bonchev–Trinajstić information content (AvgIpc) is 1.99. The minimum atomic E-state index is -4.27. The van der Waals surface area contributed by atoms with Crippen LogP contribution in [0.3, 0.4) is 0 Å². The molecule has 0 bridgehead atoms. The molecule has 0 aromatic carbocycles. The zero-order valence-electron chi connectivity index (χ0n) is 8.25. The molecule has 0 aliphatic heterocycles. The normalized spacial score (nSPS) is 13.9. The predicted octanol–water partition coefficient (Wildman–Crippen LogP) is 1.47. The van der Waals surface area contributed by atoms with Crippen molar-refractivity contribution in [2.24, 2.45) is 5.73 Å². The van der Waals surface area contributed by atoms with Gasteiger partial charge in [-0.15, -0.1) is 0 Å². The van der Waals surface area contributed by atoms with E-state index in [-0.39, 0.29) is 11.9 Å².